The Kier molecular flexibility index (Phi) is 5.67. The second-order valence-corrected chi connectivity index (χ2v) is 6.70. The summed E-state index contributed by atoms with van der Waals surface area (Å²) in [4.78, 5) is 12.1. The first-order valence-corrected chi connectivity index (χ1v) is 8.49. The van der Waals surface area contributed by atoms with Gasteiger partial charge < -0.3 is 0 Å². The van der Waals surface area contributed by atoms with Crippen LogP contribution in [0.1, 0.15) is 5.56 Å². The maximum Gasteiger partial charge on any atom is 0.267 e. The van der Waals surface area contributed by atoms with E-state index in [1.54, 1.807) is 6.07 Å². The number of carbonyl (C=O) groups is 1. The molecule has 2 aromatic rings. The Labute approximate surface area is 144 Å². The number of halogens is 2. The van der Waals surface area contributed by atoms with Crippen molar-refractivity contribution in [2.24, 2.45) is 0 Å². The molecular formula is C18H13F2NO3S. The standard InChI is InChI=1S/C18H13F2NO3S/c1-2-13-21(25(23,24)14-7-4-3-5-8-14)18(22)12-11-15-16(19)9-6-10-17(15)20/h1,3-12H,13H2/b12-11-. The van der Waals surface area contributed by atoms with Crippen LogP contribution in [0.25, 0.3) is 6.08 Å². The first kappa shape index (κ1) is 18.4. The minimum Gasteiger partial charge on any atom is -0.269 e. The van der Waals surface area contributed by atoms with Crippen molar-refractivity contribution in [3.05, 3.63) is 71.8 Å². The summed E-state index contributed by atoms with van der Waals surface area (Å²) in [5.74, 6) is -0.673. The molecule has 0 saturated heterocycles. The number of hydrogen-bond donors (Lipinski definition) is 0. The molecule has 0 spiro atoms. The monoisotopic (exact) mass is 361 g/mol. The summed E-state index contributed by atoms with van der Waals surface area (Å²) >= 11 is 0. The minimum atomic E-state index is -4.18. The van der Waals surface area contributed by atoms with Gasteiger partial charge in [0.25, 0.3) is 15.9 Å². The highest BCUT2D eigenvalue weighted by atomic mass is 32.2. The van der Waals surface area contributed by atoms with Gasteiger partial charge in [0.15, 0.2) is 0 Å². The largest absolute Gasteiger partial charge is 0.269 e. The van der Waals surface area contributed by atoms with E-state index in [4.69, 9.17) is 6.42 Å². The Morgan fingerprint density at radius 3 is 2.24 bits per heavy atom. The summed E-state index contributed by atoms with van der Waals surface area (Å²) in [6.07, 6.45) is 6.78. The molecule has 2 rings (SSSR count). The fraction of sp³-hybridized carbons (Fsp3) is 0.0556. The molecule has 0 radical (unpaired) electrons. The molecule has 4 nitrogen and oxygen atoms in total. The van der Waals surface area contributed by atoms with E-state index in [1.807, 2.05) is 0 Å². The maximum atomic E-state index is 13.6. The predicted octanol–water partition coefficient (Wildman–Crippen LogP) is 2.83. The average Bonchev–Trinajstić information content (AvgIpc) is 2.59. The molecule has 0 aliphatic carbocycles. The molecule has 25 heavy (non-hydrogen) atoms. The molecule has 7 heteroatoms. The zero-order chi connectivity index (χ0) is 18.4. The van der Waals surface area contributed by atoms with Crippen molar-refractivity contribution < 1.29 is 22.0 Å². The number of hydrogen-bond acceptors (Lipinski definition) is 3. The molecule has 0 unspecified atom stereocenters. The Hall–Kier alpha value is -2.98. The number of carbonyl (C=O) groups excluding carboxylic acids is 1. The zero-order valence-corrected chi connectivity index (χ0v) is 13.7. The van der Waals surface area contributed by atoms with Crippen molar-refractivity contribution in [1.29, 1.82) is 0 Å². The van der Waals surface area contributed by atoms with Gasteiger partial charge in [0.05, 0.1) is 11.4 Å². The molecule has 0 aromatic heterocycles. The molecule has 0 fully saturated rings. The number of nitrogens with zero attached hydrogens (tertiary/aromatic N) is 1. The van der Waals surface area contributed by atoms with E-state index >= 15 is 0 Å². The van der Waals surface area contributed by atoms with Gasteiger partial charge in [-0.3, -0.25) is 4.79 Å². The van der Waals surface area contributed by atoms with Gasteiger partial charge in [-0.25, -0.2) is 21.5 Å². The van der Waals surface area contributed by atoms with Crippen LogP contribution in [-0.4, -0.2) is 25.2 Å². The van der Waals surface area contributed by atoms with Crippen molar-refractivity contribution >= 4 is 22.0 Å². The van der Waals surface area contributed by atoms with Gasteiger partial charge in [0, 0.05) is 11.6 Å². The van der Waals surface area contributed by atoms with Crippen LogP contribution in [0.3, 0.4) is 0 Å². The van der Waals surface area contributed by atoms with Crippen LogP contribution < -0.4 is 0 Å². The summed E-state index contributed by atoms with van der Waals surface area (Å²) < 4.78 is 52.7. The zero-order valence-electron chi connectivity index (χ0n) is 12.9. The highest BCUT2D eigenvalue weighted by molar-refractivity contribution is 7.89. The Balaban J connectivity index is 2.36. The summed E-state index contributed by atoms with van der Waals surface area (Å²) in [5.41, 5.74) is -0.450. The van der Waals surface area contributed by atoms with E-state index in [0.717, 1.165) is 24.3 Å². The maximum absolute atomic E-state index is 13.6. The molecule has 0 atom stereocenters. The second-order valence-electron chi connectivity index (χ2n) is 4.84. The number of amides is 1. The molecule has 0 bridgehead atoms. The van der Waals surface area contributed by atoms with Crippen molar-refractivity contribution in [1.82, 2.24) is 4.31 Å². The topological polar surface area (TPSA) is 54.5 Å². The van der Waals surface area contributed by atoms with Gasteiger partial charge in [-0.05, 0) is 30.3 Å². The first-order valence-electron chi connectivity index (χ1n) is 7.05. The lowest BCUT2D eigenvalue weighted by Crippen LogP contribution is -2.36. The van der Waals surface area contributed by atoms with E-state index in [-0.39, 0.29) is 4.90 Å². The summed E-state index contributed by atoms with van der Waals surface area (Å²) in [7, 11) is -4.18. The van der Waals surface area contributed by atoms with Crippen LogP contribution in [0.5, 0.6) is 0 Å². The van der Waals surface area contributed by atoms with Crippen LogP contribution in [0, 0.1) is 24.0 Å². The van der Waals surface area contributed by atoms with Gasteiger partial charge in [-0.15, -0.1) is 6.42 Å². The van der Waals surface area contributed by atoms with Crippen LogP contribution in [-0.2, 0) is 14.8 Å². The summed E-state index contributed by atoms with van der Waals surface area (Å²) in [6, 6.07) is 10.5. The average molecular weight is 361 g/mol. The number of terminal acetylenes is 1. The first-order chi connectivity index (χ1) is 11.9. The molecule has 0 N–H and O–H groups in total. The van der Waals surface area contributed by atoms with E-state index in [1.165, 1.54) is 30.3 Å². The molecule has 0 saturated carbocycles. The Morgan fingerprint density at radius 2 is 1.68 bits per heavy atom. The van der Waals surface area contributed by atoms with Gasteiger partial charge >= 0.3 is 0 Å². The molecular weight excluding hydrogens is 348 g/mol. The Morgan fingerprint density at radius 1 is 1.08 bits per heavy atom. The predicted molar refractivity (Wildman–Crippen MR) is 89.6 cm³/mol. The summed E-state index contributed by atoms with van der Waals surface area (Å²) in [5, 5.41) is 0. The minimum absolute atomic E-state index is 0.121. The van der Waals surface area contributed by atoms with Gasteiger partial charge in [0.1, 0.15) is 11.6 Å². The third kappa shape index (κ3) is 4.11. The van der Waals surface area contributed by atoms with Crippen LogP contribution in [0.15, 0.2) is 59.5 Å². The molecule has 0 heterocycles. The highest BCUT2D eigenvalue weighted by Gasteiger charge is 2.27. The van der Waals surface area contributed by atoms with Crippen LogP contribution in [0.2, 0.25) is 0 Å². The highest BCUT2D eigenvalue weighted by Crippen LogP contribution is 2.17. The van der Waals surface area contributed by atoms with Gasteiger partial charge in [-0.2, -0.15) is 0 Å². The Bertz CT molecular complexity index is 928. The fourth-order valence-corrected chi connectivity index (χ4v) is 3.29. The number of sulfonamides is 1. The van der Waals surface area contributed by atoms with Gasteiger partial charge in [0.2, 0.25) is 0 Å². The van der Waals surface area contributed by atoms with Crippen molar-refractivity contribution in [3.8, 4) is 12.3 Å². The van der Waals surface area contributed by atoms with Crippen LogP contribution >= 0.6 is 0 Å². The smallest absolute Gasteiger partial charge is 0.267 e. The second kappa shape index (κ2) is 7.73. The molecule has 0 aliphatic rings. The molecule has 0 aliphatic heterocycles. The third-order valence-electron chi connectivity index (χ3n) is 3.20. The van der Waals surface area contributed by atoms with E-state index < -0.39 is 39.7 Å². The molecule has 1 amide bonds. The van der Waals surface area contributed by atoms with Crippen molar-refractivity contribution in [3.63, 3.8) is 0 Å². The fourth-order valence-electron chi connectivity index (χ4n) is 1.99. The molecule has 128 valence electrons. The van der Waals surface area contributed by atoms with E-state index in [2.05, 4.69) is 5.92 Å². The van der Waals surface area contributed by atoms with Crippen molar-refractivity contribution in [2.45, 2.75) is 4.90 Å². The van der Waals surface area contributed by atoms with Gasteiger partial charge in [-0.1, -0.05) is 30.2 Å². The third-order valence-corrected chi connectivity index (χ3v) is 4.96. The van der Waals surface area contributed by atoms with E-state index in [9.17, 15) is 22.0 Å². The number of benzene rings is 2. The summed E-state index contributed by atoms with van der Waals surface area (Å²) in [6.45, 7) is -0.514. The normalized spacial score (nSPS) is 11.2. The lowest BCUT2D eigenvalue weighted by atomic mass is 10.2. The van der Waals surface area contributed by atoms with E-state index in [0.29, 0.717) is 4.31 Å². The van der Waals surface area contributed by atoms with Crippen molar-refractivity contribution in [2.75, 3.05) is 6.54 Å². The lowest BCUT2D eigenvalue weighted by molar-refractivity contribution is -0.121. The van der Waals surface area contributed by atoms with Crippen LogP contribution in [0.4, 0.5) is 8.78 Å². The number of rotatable bonds is 5. The molecule has 2 aromatic carbocycles. The lowest BCUT2D eigenvalue weighted by Gasteiger charge is -2.18. The quantitative estimate of drug-likeness (QED) is 0.608. The SMILES string of the molecule is C#CCN(C(=O)/C=C\c1c(F)cccc1F)S(=O)(=O)c1ccccc1.